The molecule has 5 aromatic rings. The van der Waals surface area contributed by atoms with Crippen molar-refractivity contribution in [1.82, 2.24) is 34.4 Å². The van der Waals surface area contributed by atoms with Crippen LogP contribution in [-0.4, -0.2) is 66.5 Å². The molecule has 1 aliphatic rings. The fourth-order valence-corrected chi connectivity index (χ4v) is 5.84. The lowest BCUT2D eigenvalue weighted by atomic mass is 10.1. The van der Waals surface area contributed by atoms with Gasteiger partial charge in [-0.3, -0.25) is 4.79 Å². The van der Waals surface area contributed by atoms with Gasteiger partial charge < -0.3 is 20.1 Å². The molecule has 0 atom stereocenters. The summed E-state index contributed by atoms with van der Waals surface area (Å²) >= 11 is 1.49. The van der Waals surface area contributed by atoms with E-state index >= 15 is 0 Å². The van der Waals surface area contributed by atoms with Crippen molar-refractivity contribution < 1.29 is 18.0 Å². The number of carbonyl (C=O) groups excluding carboxylic acids is 1. The maximum atomic E-state index is 13.7. The summed E-state index contributed by atoms with van der Waals surface area (Å²) in [6.45, 7) is 7.73. The first-order valence-corrected chi connectivity index (χ1v) is 14.9. The van der Waals surface area contributed by atoms with Crippen LogP contribution in [0, 0.1) is 13.8 Å². The van der Waals surface area contributed by atoms with Crippen molar-refractivity contribution >= 4 is 28.1 Å². The number of likely N-dealkylation sites (tertiary alicyclic amines) is 1. The van der Waals surface area contributed by atoms with Crippen molar-refractivity contribution in [3.63, 3.8) is 0 Å². The van der Waals surface area contributed by atoms with Crippen molar-refractivity contribution in [2.24, 2.45) is 0 Å². The molecule has 6 rings (SSSR count). The van der Waals surface area contributed by atoms with Crippen LogP contribution in [0.4, 0.5) is 24.0 Å². The minimum Gasteiger partial charge on any atom is -0.360 e. The Hall–Kier alpha value is -4.56. The molecule has 0 saturated carbocycles. The molecule has 1 fully saturated rings. The van der Waals surface area contributed by atoms with Crippen molar-refractivity contribution in [3.8, 4) is 21.9 Å². The minimum atomic E-state index is -4.63. The van der Waals surface area contributed by atoms with Crippen LogP contribution >= 0.6 is 11.3 Å². The molecule has 1 saturated heterocycles. The number of nitrogens with zero attached hydrogens (tertiary/aromatic N) is 7. The van der Waals surface area contributed by atoms with Gasteiger partial charge in [0.05, 0.1) is 34.3 Å². The zero-order chi connectivity index (χ0) is 30.8. The summed E-state index contributed by atoms with van der Waals surface area (Å²) in [6.07, 6.45) is 4.42. The predicted octanol–water partition coefficient (Wildman–Crippen LogP) is 5.97. The van der Waals surface area contributed by atoms with Crippen molar-refractivity contribution in [1.29, 1.82) is 0 Å². The summed E-state index contributed by atoms with van der Waals surface area (Å²) in [5.74, 6) is -0.683. The lowest BCUT2D eigenvalue weighted by Gasteiger charge is -2.14. The maximum Gasteiger partial charge on any atom is 0.416 e. The highest BCUT2D eigenvalue weighted by atomic mass is 32.1. The molecule has 1 aliphatic heterocycles. The molecule has 3 aromatic heterocycles. The molecule has 0 aliphatic carbocycles. The molecule has 0 bridgehead atoms. The number of halogens is 3. The lowest BCUT2D eigenvalue weighted by molar-refractivity contribution is -0.137. The number of hydrogen-bond donors (Lipinski definition) is 2. The van der Waals surface area contributed by atoms with E-state index in [1.807, 2.05) is 6.92 Å². The number of amides is 1. The summed E-state index contributed by atoms with van der Waals surface area (Å²) in [5.41, 5.74) is 2.32. The fourth-order valence-electron chi connectivity index (χ4n) is 5.05. The van der Waals surface area contributed by atoms with Gasteiger partial charge in [-0.05, 0) is 75.7 Å². The number of aryl methyl sites for hydroxylation is 2. The standard InChI is InChI=1S/C30H30F3N9OS/c1-19-5-6-23(37-28(43)21-11-22(30(31,32)33)13-24(12-21)41-16-20(2)36-18-41)14-26(19)42-17-25(38-39-42)27-15-35-29(44-27)34-7-10-40-8-3-4-9-40/h5-6,11-18H,3-4,7-10H2,1-2H3,(H,34,35)(H,37,43). The number of aromatic nitrogens is 6. The Morgan fingerprint density at radius 1 is 1.05 bits per heavy atom. The van der Waals surface area contributed by atoms with Crippen LogP contribution in [0.2, 0.25) is 0 Å². The highest BCUT2D eigenvalue weighted by molar-refractivity contribution is 7.18. The van der Waals surface area contributed by atoms with E-state index in [2.05, 4.69) is 35.8 Å². The predicted molar refractivity (Wildman–Crippen MR) is 163 cm³/mol. The molecule has 2 aromatic carbocycles. The fraction of sp³-hybridized carbons (Fsp3) is 0.300. The summed E-state index contributed by atoms with van der Waals surface area (Å²) < 4.78 is 44.2. The third kappa shape index (κ3) is 6.65. The number of benzene rings is 2. The van der Waals surface area contributed by atoms with E-state index in [9.17, 15) is 18.0 Å². The van der Waals surface area contributed by atoms with Crippen LogP contribution in [0.3, 0.4) is 0 Å². The largest absolute Gasteiger partial charge is 0.416 e. The Kier molecular flexibility index (Phi) is 8.19. The number of thiazole rings is 1. The second-order valence-corrected chi connectivity index (χ2v) is 11.7. The number of carbonyl (C=O) groups is 1. The number of anilines is 2. The quantitative estimate of drug-likeness (QED) is 0.209. The van der Waals surface area contributed by atoms with Crippen LogP contribution < -0.4 is 10.6 Å². The average Bonchev–Trinajstić information content (AvgIpc) is 3.81. The number of alkyl halides is 3. The van der Waals surface area contributed by atoms with Crippen LogP contribution in [0.25, 0.3) is 21.9 Å². The number of nitrogens with one attached hydrogen (secondary N) is 2. The Labute approximate surface area is 255 Å². The minimum absolute atomic E-state index is 0.138. The van der Waals surface area contributed by atoms with E-state index in [1.165, 1.54) is 41.1 Å². The first-order chi connectivity index (χ1) is 21.1. The van der Waals surface area contributed by atoms with Gasteiger partial charge >= 0.3 is 6.18 Å². The summed E-state index contributed by atoms with van der Waals surface area (Å²) in [6, 6.07) is 8.41. The van der Waals surface area contributed by atoms with Gasteiger partial charge in [0.15, 0.2) is 5.13 Å². The average molecular weight is 622 g/mol. The van der Waals surface area contributed by atoms with Gasteiger partial charge in [-0.15, -0.1) is 5.10 Å². The second kappa shape index (κ2) is 12.2. The molecule has 1 amide bonds. The normalized spacial score (nSPS) is 13.8. The molecule has 228 valence electrons. The molecule has 44 heavy (non-hydrogen) atoms. The summed E-state index contributed by atoms with van der Waals surface area (Å²) in [7, 11) is 0. The van der Waals surface area contributed by atoms with E-state index < -0.39 is 17.6 Å². The highest BCUT2D eigenvalue weighted by Gasteiger charge is 2.32. The van der Waals surface area contributed by atoms with E-state index in [0.717, 1.165) is 53.9 Å². The second-order valence-electron chi connectivity index (χ2n) is 10.7. The van der Waals surface area contributed by atoms with E-state index in [-0.39, 0.29) is 11.3 Å². The van der Waals surface area contributed by atoms with Crippen LogP contribution in [-0.2, 0) is 6.18 Å². The monoisotopic (exact) mass is 621 g/mol. The molecule has 0 radical (unpaired) electrons. The van der Waals surface area contributed by atoms with Gasteiger partial charge in [0.25, 0.3) is 5.91 Å². The summed E-state index contributed by atoms with van der Waals surface area (Å²) in [5, 5.41) is 15.5. The molecule has 4 heterocycles. The van der Waals surface area contributed by atoms with Gasteiger partial charge in [0, 0.05) is 42.4 Å². The van der Waals surface area contributed by atoms with E-state index in [0.29, 0.717) is 22.8 Å². The Balaban J connectivity index is 1.18. The van der Waals surface area contributed by atoms with Crippen LogP contribution in [0.15, 0.2) is 61.3 Å². The number of hydrogen-bond acceptors (Lipinski definition) is 8. The third-order valence-electron chi connectivity index (χ3n) is 7.39. The van der Waals surface area contributed by atoms with Gasteiger partial charge in [-0.25, -0.2) is 14.6 Å². The number of rotatable bonds is 9. The molecule has 14 heteroatoms. The summed E-state index contributed by atoms with van der Waals surface area (Å²) in [4.78, 5) is 25.0. The first kappa shape index (κ1) is 29.5. The molecular weight excluding hydrogens is 591 g/mol. The molecule has 2 N–H and O–H groups in total. The van der Waals surface area contributed by atoms with Gasteiger partial charge in [-0.2, -0.15) is 13.2 Å². The van der Waals surface area contributed by atoms with E-state index in [1.54, 1.807) is 48.4 Å². The SMILES string of the molecule is Cc1cn(-c2cc(C(=O)Nc3ccc(C)c(-n4cc(-c5cnc(NCCN6CCCC6)s5)nn4)c3)cc(C(F)(F)F)c2)cn1. The Morgan fingerprint density at radius 3 is 2.61 bits per heavy atom. The van der Waals surface area contributed by atoms with Crippen LogP contribution in [0.1, 0.15) is 40.0 Å². The van der Waals surface area contributed by atoms with Crippen molar-refractivity contribution in [2.45, 2.75) is 32.9 Å². The molecular formula is C30H30F3N9OS. The van der Waals surface area contributed by atoms with Gasteiger partial charge in [0.1, 0.15) is 5.69 Å². The molecule has 0 unspecified atom stereocenters. The zero-order valence-corrected chi connectivity index (χ0v) is 24.9. The maximum absolute atomic E-state index is 13.7. The smallest absolute Gasteiger partial charge is 0.360 e. The Morgan fingerprint density at radius 2 is 1.86 bits per heavy atom. The van der Waals surface area contributed by atoms with E-state index in [4.69, 9.17) is 0 Å². The topological polar surface area (TPSA) is 106 Å². The highest BCUT2D eigenvalue weighted by Crippen LogP contribution is 2.32. The van der Waals surface area contributed by atoms with Gasteiger partial charge in [0.2, 0.25) is 0 Å². The van der Waals surface area contributed by atoms with Crippen molar-refractivity contribution in [3.05, 3.63) is 83.7 Å². The molecule has 10 nitrogen and oxygen atoms in total. The first-order valence-electron chi connectivity index (χ1n) is 14.1. The number of imidazole rings is 1. The third-order valence-corrected chi connectivity index (χ3v) is 8.36. The Bertz CT molecular complexity index is 1790. The zero-order valence-electron chi connectivity index (χ0n) is 24.1. The molecule has 0 spiro atoms. The van der Waals surface area contributed by atoms with Crippen LogP contribution in [0.5, 0.6) is 0 Å². The lowest BCUT2D eigenvalue weighted by Crippen LogP contribution is -2.25. The van der Waals surface area contributed by atoms with Crippen molar-refractivity contribution in [2.75, 3.05) is 36.8 Å². The van der Waals surface area contributed by atoms with Gasteiger partial charge in [-0.1, -0.05) is 22.6 Å².